The molecule has 0 spiro atoms. The molecule has 10 heavy (non-hydrogen) atoms. The first kappa shape index (κ1) is 5.35. The molecule has 1 aliphatic heterocycles. The lowest BCUT2D eigenvalue weighted by molar-refractivity contribution is 1.47. The van der Waals surface area contributed by atoms with Gasteiger partial charge in [-0.1, -0.05) is 12.2 Å². The van der Waals surface area contributed by atoms with E-state index < -0.39 is 0 Å². The van der Waals surface area contributed by atoms with Crippen LogP contribution in [0.5, 0.6) is 0 Å². The van der Waals surface area contributed by atoms with E-state index in [0.717, 1.165) is 11.1 Å². The highest BCUT2D eigenvalue weighted by Gasteiger charge is 2.12. The minimum atomic E-state index is 0.551. The summed E-state index contributed by atoms with van der Waals surface area (Å²) in [5.41, 5.74) is 2.53. The molecule has 0 bridgehead atoms. The van der Waals surface area contributed by atoms with Crippen LogP contribution in [-0.4, -0.2) is 11.9 Å². The monoisotopic (exact) mass is 130 g/mol. The van der Waals surface area contributed by atoms with Crippen molar-refractivity contribution < 1.29 is 0 Å². The van der Waals surface area contributed by atoms with Crippen LogP contribution in [0.2, 0.25) is 0 Å². The van der Waals surface area contributed by atoms with Crippen molar-refractivity contribution in [2.45, 2.75) is 0 Å². The predicted octanol–water partition coefficient (Wildman–Crippen LogP) is 1.47. The summed E-state index contributed by atoms with van der Waals surface area (Å²) in [6, 6.07) is 0. The molecule has 0 saturated heterocycles. The normalized spacial score (nSPS) is 20.6. The molecular weight excluding hydrogens is 124 g/mol. The molecule has 0 aromatic rings. The van der Waals surface area contributed by atoms with Crippen molar-refractivity contribution in [1.29, 1.82) is 5.41 Å². The first-order valence-corrected chi connectivity index (χ1v) is 3.09. The van der Waals surface area contributed by atoms with E-state index in [9.17, 15) is 0 Å². The van der Waals surface area contributed by atoms with Crippen molar-refractivity contribution in [3.63, 3.8) is 0 Å². The van der Waals surface area contributed by atoms with Gasteiger partial charge in [0.1, 0.15) is 0 Å². The van der Waals surface area contributed by atoms with E-state index in [1.54, 1.807) is 18.5 Å². The van der Waals surface area contributed by atoms with E-state index in [4.69, 9.17) is 5.41 Å². The fourth-order valence-electron chi connectivity index (χ4n) is 1.03. The zero-order valence-electron chi connectivity index (χ0n) is 5.33. The number of nitrogens with one attached hydrogen (secondary N) is 1. The SMILES string of the molecule is N=C1C=CC=C2C=NC=C12. The number of nitrogens with zero attached hydrogens (tertiary/aromatic N) is 1. The first-order chi connectivity index (χ1) is 4.88. The zero-order chi connectivity index (χ0) is 6.97. The summed E-state index contributed by atoms with van der Waals surface area (Å²) in [4.78, 5) is 3.94. The molecule has 0 saturated carbocycles. The second-order valence-electron chi connectivity index (χ2n) is 2.22. The minimum Gasteiger partial charge on any atom is -0.300 e. The van der Waals surface area contributed by atoms with Gasteiger partial charge in [0.15, 0.2) is 0 Å². The highest BCUT2D eigenvalue weighted by atomic mass is 14.7. The third-order valence-electron chi connectivity index (χ3n) is 1.56. The Morgan fingerprint density at radius 3 is 3.10 bits per heavy atom. The Hall–Kier alpha value is -1.44. The number of rotatable bonds is 0. The standard InChI is InChI=1S/C8H6N2/c9-8-3-1-2-6-4-10-5-7(6)8/h1-5,9H. The maximum absolute atomic E-state index is 7.44. The van der Waals surface area contributed by atoms with Crippen LogP contribution in [0, 0.1) is 5.41 Å². The van der Waals surface area contributed by atoms with Crippen molar-refractivity contribution >= 4 is 11.9 Å². The largest absolute Gasteiger partial charge is 0.300 e. The molecule has 0 unspecified atom stereocenters. The average Bonchev–Trinajstić information content (AvgIpc) is 2.36. The molecule has 0 radical (unpaired) electrons. The summed E-state index contributed by atoms with van der Waals surface area (Å²) < 4.78 is 0. The van der Waals surface area contributed by atoms with Crippen LogP contribution in [0.15, 0.2) is 40.6 Å². The van der Waals surface area contributed by atoms with E-state index in [1.165, 1.54) is 0 Å². The second-order valence-corrected chi connectivity index (χ2v) is 2.22. The maximum Gasteiger partial charge on any atom is 0.0634 e. The number of aliphatic imine (C=N–C) groups is 1. The molecule has 0 aromatic carbocycles. The highest BCUT2D eigenvalue weighted by molar-refractivity contribution is 6.17. The van der Waals surface area contributed by atoms with Crippen LogP contribution in [0.25, 0.3) is 0 Å². The van der Waals surface area contributed by atoms with Gasteiger partial charge in [0.05, 0.1) is 5.71 Å². The molecule has 0 fully saturated rings. The summed E-state index contributed by atoms with van der Waals surface area (Å²) in [5.74, 6) is 0. The van der Waals surface area contributed by atoms with Gasteiger partial charge in [-0.15, -0.1) is 0 Å². The van der Waals surface area contributed by atoms with Crippen LogP contribution in [0.1, 0.15) is 0 Å². The lowest BCUT2D eigenvalue weighted by Crippen LogP contribution is -2.01. The minimum absolute atomic E-state index is 0.551. The molecule has 1 aliphatic carbocycles. The Morgan fingerprint density at radius 2 is 2.30 bits per heavy atom. The number of hydrogen-bond donors (Lipinski definition) is 1. The number of fused-ring (bicyclic) bond motifs is 1. The lowest BCUT2D eigenvalue weighted by Gasteiger charge is -2.03. The molecule has 48 valence electrons. The third-order valence-corrected chi connectivity index (χ3v) is 1.56. The second kappa shape index (κ2) is 1.77. The smallest absolute Gasteiger partial charge is 0.0634 e. The van der Waals surface area contributed by atoms with Gasteiger partial charge in [0, 0.05) is 23.6 Å². The van der Waals surface area contributed by atoms with Gasteiger partial charge in [-0.25, -0.2) is 0 Å². The van der Waals surface area contributed by atoms with Crippen molar-refractivity contribution in [2.24, 2.45) is 4.99 Å². The molecule has 2 aliphatic rings. The molecule has 2 rings (SSSR count). The maximum atomic E-state index is 7.44. The third kappa shape index (κ3) is 0.589. The zero-order valence-corrected chi connectivity index (χ0v) is 5.33. The van der Waals surface area contributed by atoms with Crippen LogP contribution >= 0.6 is 0 Å². The van der Waals surface area contributed by atoms with Crippen molar-refractivity contribution in [3.8, 4) is 0 Å². The van der Waals surface area contributed by atoms with Gasteiger partial charge < -0.3 is 5.41 Å². The van der Waals surface area contributed by atoms with Crippen LogP contribution in [0.4, 0.5) is 0 Å². The summed E-state index contributed by atoms with van der Waals surface area (Å²) in [6.45, 7) is 0. The van der Waals surface area contributed by atoms with Gasteiger partial charge >= 0.3 is 0 Å². The Bertz CT molecular complexity index is 297. The Kier molecular flexibility index (Phi) is 0.947. The summed E-state index contributed by atoms with van der Waals surface area (Å²) in [5, 5.41) is 7.44. The van der Waals surface area contributed by atoms with E-state index in [2.05, 4.69) is 4.99 Å². The van der Waals surface area contributed by atoms with E-state index in [-0.39, 0.29) is 0 Å². The van der Waals surface area contributed by atoms with Gasteiger partial charge in [-0.3, -0.25) is 4.99 Å². The van der Waals surface area contributed by atoms with E-state index >= 15 is 0 Å². The van der Waals surface area contributed by atoms with Gasteiger partial charge in [-0.2, -0.15) is 0 Å². The molecule has 1 N–H and O–H groups in total. The molecule has 2 heteroatoms. The van der Waals surface area contributed by atoms with E-state index in [0.29, 0.717) is 5.71 Å². The number of hydrogen-bond acceptors (Lipinski definition) is 2. The Balaban J connectivity index is 2.54. The molecule has 0 aromatic heterocycles. The quantitative estimate of drug-likeness (QED) is 0.515. The first-order valence-electron chi connectivity index (χ1n) is 3.09. The summed E-state index contributed by atoms with van der Waals surface area (Å²) in [6.07, 6.45) is 9.09. The van der Waals surface area contributed by atoms with Gasteiger partial charge in [0.25, 0.3) is 0 Å². The van der Waals surface area contributed by atoms with Crippen LogP contribution < -0.4 is 0 Å². The molecule has 0 amide bonds. The summed E-state index contributed by atoms with van der Waals surface area (Å²) in [7, 11) is 0. The highest BCUT2D eigenvalue weighted by Crippen LogP contribution is 2.18. The van der Waals surface area contributed by atoms with Crippen LogP contribution in [0.3, 0.4) is 0 Å². The van der Waals surface area contributed by atoms with E-state index in [1.807, 2.05) is 12.2 Å². The summed E-state index contributed by atoms with van der Waals surface area (Å²) >= 11 is 0. The van der Waals surface area contributed by atoms with Gasteiger partial charge in [-0.05, 0) is 6.08 Å². The fraction of sp³-hybridized carbons (Fsp3) is 0. The van der Waals surface area contributed by atoms with Crippen LogP contribution in [-0.2, 0) is 0 Å². The number of allylic oxidation sites excluding steroid dienone is 5. The molecule has 2 nitrogen and oxygen atoms in total. The average molecular weight is 130 g/mol. The topological polar surface area (TPSA) is 36.2 Å². The van der Waals surface area contributed by atoms with Crippen molar-refractivity contribution in [2.75, 3.05) is 0 Å². The lowest BCUT2D eigenvalue weighted by atomic mass is 10.00. The van der Waals surface area contributed by atoms with Crippen molar-refractivity contribution in [3.05, 3.63) is 35.6 Å². The Labute approximate surface area is 58.8 Å². The van der Waals surface area contributed by atoms with Crippen molar-refractivity contribution in [1.82, 2.24) is 0 Å². The van der Waals surface area contributed by atoms with Gasteiger partial charge in [0.2, 0.25) is 0 Å². The predicted molar refractivity (Wildman–Crippen MR) is 41.5 cm³/mol. The molecular formula is C8H6N2. The Morgan fingerprint density at radius 1 is 1.40 bits per heavy atom. The fourth-order valence-corrected chi connectivity index (χ4v) is 1.03. The molecule has 1 heterocycles. The molecule has 0 atom stereocenters.